The number of piperidine rings is 1. The SMILES string of the molecule is CC(Cc1ccc2c(c1)CCO2)C(C)NCC1CCN(C(=O)CCN)CC1. The van der Waals surface area contributed by atoms with Crippen LogP contribution in [0.4, 0.5) is 0 Å². The maximum absolute atomic E-state index is 11.9. The number of carbonyl (C=O) groups is 1. The zero-order chi connectivity index (χ0) is 19.2. The number of nitrogens with one attached hydrogen (secondary N) is 1. The second-order valence-corrected chi connectivity index (χ2v) is 8.28. The third kappa shape index (κ3) is 5.45. The Hall–Kier alpha value is -1.59. The van der Waals surface area contributed by atoms with E-state index in [2.05, 4.69) is 37.4 Å². The summed E-state index contributed by atoms with van der Waals surface area (Å²) < 4.78 is 5.60. The average molecular weight is 374 g/mol. The maximum atomic E-state index is 11.9. The first-order chi connectivity index (χ1) is 13.1. The topological polar surface area (TPSA) is 67.6 Å². The molecule has 150 valence electrons. The number of nitrogens with zero attached hydrogens (tertiary/aromatic N) is 1. The Labute approximate surface area is 163 Å². The van der Waals surface area contributed by atoms with Gasteiger partial charge in [0, 0.05) is 38.5 Å². The standard InChI is InChI=1S/C22H35N3O2/c1-16(13-19-3-4-21-20(14-19)8-12-27-21)17(2)24-15-18-6-10-25(11-7-18)22(26)5-9-23/h3-4,14,16-18,24H,5-13,15,23H2,1-2H3. The van der Waals surface area contributed by atoms with Crippen molar-refractivity contribution in [3.05, 3.63) is 29.3 Å². The molecule has 2 aliphatic heterocycles. The highest BCUT2D eigenvalue weighted by Crippen LogP contribution is 2.27. The second-order valence-electron chi connectivity index (χ2n) is 8.28. The van der Waals surface area contributed by atoms with E-state index in [1.807, 2.05) is 4.90 Å². The first kappa shape index (κ1) is 20.2. The summed E-state index contributed by atoms with van der Waals surface area (Å²) in [6.45, 7) is 8.70. The number of amides is 1. The molecule has 0 aliphatic carbocycles. The van der Waals surface area contributed by atoms with E-state index >= 15 is 0 Å². The van der Waals surface area contributed by atoms with Crippen molar-refractivity contribution in [3.63, 3.8) is 0 Å². The first-order valence-electron chi connectivity index (χ1n) is 10.5. The third-order valence-corrected chi connectivity index (χ3v) is 6.22. The van der Waals surface area contributed by atoms with Crippen molar-refractivity contribution in [2.45, 2.75) is 52.0 Å². The van der Waals surface area contributed by atoms with Crippen LogP contribution in [0, 0.1) is 11.8 Å². The predicted octanol–water partition coefficient (Wildman–Crippen LogP) is 2.37. The lowest BCUT2D eigenvalue weighted by Gasteiger charge is -2.33. The van der Waals surface area contributed by atoms with Crippen molar-refractivity contribution in [2.75, 3.05) is 32.8 Å². The number of hydrogen-bond donors (Lipinski definition) is 2. The summed E-state index contributed by atoms with van der Waals surface area (Å²) >= 11 is 0. The number of carbonyl (C=O) groups excluding carboxylic acids is 1. The molecule has 2 unspecified atom stereocenters. The van der Waals surface area contributed by atoms with E-state index in [1.165, 1.54) is 11.1 Å². The fraction of sp³-hybridized carbons (Fsp3) is 0.682. The molecule has 1 aromatic carbocycles. The highest BCUT2D eigenvalue weighted by Gasteiger charge is 2.23. The number of ether oxygens (including phenoxy) is 1. The Morgan fingerprint density at radius 3 is 2.85 bits per heavy atom. The van der Waals surface area contributed by atoms with Gasteiger partial charge in [0.1, 0.15) is 5.75 Å². The number of rotatable bonds is 8. The van der Waals surface area contributed by atoms with Gasteiger partial charge in [-0.1, -0.05) is 19.1 Å². The molecule has 1 aromatic rings. The second kappa shape index (κ2) is 9.56. The Balaban J connectivity index is 1.39. The summed E-state index contributed by atoms with van der Waals surface area (Å²) in [7, 11) is 0. The molecule has 0 bridgehead atoms. The van der Waals surface area contributed by atoms with Gasteiger partial charge >= 0.3 is 0 Å². The fourth-order valence-corrected chi connectivity index (χ4v) is 4.14. The van der Waals surface area contributed by atoms with Crippen molar-refractivity contribution in [1.29, 1.82) is 0 Å². The van der Waals surface area contributed by atoms with E-state index in [9.17, 15) is 4.79 Å². The highest BCUT2D eigenvalue weighted by molar-refractivity contribution is 5.76. The molecule has 0 spiro atoms. The van der Waals surface area contributed by atoms with Crippen LogP contribution in [0.25, 0.3) is 0 Å². The van der Waals surface area contributed by atoms with Crippen LogP contribution in [0.2, 0.25) is 0 Å². The monoisotopic (exact) mass is 373 g/mol. The summed E-state index contributed by atoms with van der Waals surface area (Å²) in [5.41, 5.74) is 8.26. The largest absolute Gasteiger partial charge is 0.493 e. The zero-order valence-corrected chi connectivity index (χ0v) is 16.9. The van der Waals surface area contributed by atoms with Crippen molar-refractivity contribution < 1.29 is 9.53 Å². The number of nitrogens with two attached hydrogens (primary N) is 1. The number of benzene rings is 1. The molecular weight excluding hydrogens is 338 g/mol. The van der Waals surface area contributed by atoms with Gasteiger partial charge in [-0.05, 0) is 61.8 Å². The van der Waals surface area contributed by atoms with Gasteiger partial charge in [0.05, 0.1) is 6.61 Å². The van der Waals surface area contributed by atoms with Crippen molar-refractivity contribution in [3.8, 4) is 5.75 Å². The minimum Gasteiger partial charge on any atom is -0.493 e. The van der Waals surface area contributed by atoms with E-state index < -0.39 is 0 Å². The Morgan fingerprint density at radius 2 is 2.11 bits per heavy atom. The van der Waals surface area contributed by atoms with Crippen LogP contribution in [0.3, 0.4) is 0 Å². The zero-order valence-electron chi connectivity index (χ0n) is 16.9. The van der Waals surface area contributed by atoms with Crippen molar-refractivity contribution in [1.82, 2.24) is 10.2 Å². The van der Waals surface area contributed by atoms with Gasteiger partial charge in [-0.2, -0.15) is 0 Å². The molecule has 1 saturated heterocycles. The molecule has 5 nitrogen and oxygen atoms in total. The van der Waals surface area contributed by atoms with Crippen LogP contribution in [-0.4, -0.2) is 49.6 Å². The van der Waals surface area contributed by atoms with Gasteiger partial charge in [-0.15, -0.1) is 0 Å². The fourth-order valence-electron chi connectivity index (χ4n) is 4.14. The molecule has 1 amide bonds. The summed E-state index contributed by atoms with van der Waals surface area (Å²) in [5, 5.41) is 3.75. The van der Waals surface area contributed by atoms with E-state index in [0.717, 1.165) is 57.7 Å². The van der Waals surface area contributed by atoms with Crippen LogP contribution in [0.15, 0.2) is 18.2 Å². The molecule has 0 saturated carbocycles. The predicted molar refractivity (Wildman–Crippen MR) is 109 cm³/mol. The summed E-state index contributed by atoms with van der Waals surface area (Å²) in [6, 6.07) is 7.13. The molecule has 3 rings (SSSR count). The molecule has 5 heteroatoms. The van der Waals surface area contributed by atoms with E-state index in [-0.39, 0.29) is 5.91 Å². The lowest BCUT2D eigenvalue weighted by Crippen LogP contribution is -2.43. The molecule has 27 heavy (non-hydrogen) atoms. The van der Waals surface area contributed by atoms with Crippen LogP contribution in [-0.2, 0) is 17.6 Å². The summed E-state index contributed by atoms with van der Waals surface area (Å²) in [6.07, 6.45) is 4.79. The Kier molecular flexibility index (Phi) is 7.13. The molecule has 0 aromatic heterocycles. The van der Waals surface area contributed by atoms with Crippen molar-refractivity contribution >= 4 is 5.91 Å². The van der Waals surface area contributed by atoms with Crippen LogP contribution >= 0.6 is 0 Å². The normalized spacial score (nSPS) is 19.4. The molecule has 0 radical (unpaired) electrons. The molecular formula is C22H35N3O2. The summed E-state index contributed by atoms with van der Waals surface area (Å²) in [5.74, 6) is 2.52. The molecule has 1 fully saturated rings. The van der Waals surface area contributed by atoms with Crippen LogP contribution in [0.5, 0.6) is 5.75 Å². The Bertz CT molecular complexity index is 626. The van der Waals surface area contributed by atoms with E-state index in [4.69, 9.17) is 10.5 Å². The average Bonchev–Trinajstić information content (AvgIpc) is 3.14. The molecule has 2 atom stereocenters. The Morgan fingerprint density at radius 1 is 1.33 bits per heavy atom. The first-order valence-corrected chi connectivity index (χ1v) is 10.5. The van der Waals surface area contributed by atoms with Crippen molar-refractivity contribution in [2.24, 2.45) is 17.6 Å². The molecule has 2 aliphatic rings. The minimum atomic E-state index is 0.214. The summed E-state index contributed by atoms with van der Waals surface area (Å²) in [4.78, 5) is 13.9. The molecule has 3 N–H and O–H groups in total. The number of fused-ring (bicyclic) bond motifs is 1. The smallest absolute Gasteiger partial charge is 0.223 e. The lowest BCUT2D eigenvalue weighted by atomic mass is 9.92. The number of hydrogen-bond acceptors (Lipinski definition) is 4. The lowest BCUT2D eigenvalue weighted by molar-refractivity contribution is -0.132. The van der Waals surface area contributed by atoms with Crippen LogP contribution in [0.1, 0.15) is 44.2 Å². The van der Waals surface area contributed by atoms with E-state index in [1.54, 1.807) is 0 Å². The van der Waals surface area contributed by atoms with Gasteiger partial charge in [0.15, 0.2) is 0 Å². The maximum Gasteiger partial charge on any atom is 0.223 e. The van der Waals surface area contributed by atoms with Crippen LogP contribution < -0.4 is 15.8 Å². The van der Waals surface area contributed by atoms with Gasteiger partial charge in [0.25, 0.3) is 0 Å². The quantitative estimate of drug-likeness (QED) is 0.734. The number of likely N-dealkylation sites (tertiary alicyclic amines) is 1. The van der Waals surface area contributed by atoms with Gasteiger partial charge in [-0.25, -0.2) is 0 Å². The minimum absolute atomic E-state index is 0.214. The third-order valence-electron chi connectivity index (χ3n) is 6.22. The highest BCUT2D eigenvalue weighted by atomic mass is 16.5. The van der Waals surface area contributed by atoms with E-state index in [0.29, 0.717) is 30.8 Å². The molecule has 2 heterocycles. The van der Waals surface area contributed by atoms with Gasteiger partial charge < -0.3 is 20.7 Å². The van der Waals surface area contributed by atoms with Gasteiger partial charge in [-0.3, -0.25) is 4.79 Å². The van der Waals surface area contributed by atoms with Gasteiger partial charge in [0.2, 0.25) is 5.91 Å².